The number of fused-ring (bicyclic) bond motifs is 1. The average molecular weight is 416 g/mol. The fraction of sp³-hybridized carbons (Fsp3) is 0.125. The lowest BCUT2D eigenvalue weighted by molar-refractivity contribution is -0.150. The SMILES string of the molecule is C[C@H](OC(=O)C1=C(Nc2ccccc2)OCC1=O)C(=O)Nc1ccc2ccccc2c1. The van der Waals surface area contributed by atoms with Gasteiger partial charge in [0, 0.05) is 11.4 Å². The maximum atomic E-state index is 12.6. The van der Waals surface area contributed by atoms with Crippen LogP contribution in [0, 0.1) is 0 Å². The van der Waals surface area contributed by atoms with Crippen LogP contribution in [0.3, 0.4) is 0 Å². The molecule has 31 heavy (non-hydrogen) atoms. The van der Waals surface area contributed by atoms with Crippen molar-refractivity contribution in [2.75, 3.05) is 17.2 Å². The summed E-state index contributed by atoms with van der Waals surface area (Å²) in [6.45, 7) is 1.18. The Morgan fingerprint density at radius 2 is 1.65 bits per heavy atom. The minimum Gasteiger partial charge on any atom is -0.470 e. The quantitative estimate of drug-likeness (QED) is 0.471. The predicted octanol–water partition coefficient (Wildman–Crippen LogP) is 3.63. The Bertz CT molecular complexity index is 1190. The van der Waals surface area contributed by atoms with E-state index in [0.29, 0.717) is 11.4 Å². The molecular weight excluding hydrogens is 396 g/mol. The molecule has 2 N–H and O–H groups in total. The topological polar surface area (TPSA) is 93.7 Å². The lowest BCUT2D eigenvalue weighted by Gasteiger charge is -2.14. The monoisotopic (exact) mass is 416 g/mol. The summed E-state index contributed by atoms with van der Waals surface area (Å²) in [5.74, 6) is -1.91. The first-order valence-corrected chi connectivity index (χ1v) is 9.74. The smallest absolute Gasteiger partial charge is 0.348 e. The van der Waals surface area contributed by atoms with Crippen LogP contribution >= 0.6 is 0 Å². The van der Waals surface area contributed by atoms with E-state index in [1.807, 2.05) is 42.5 Å². The second kappa shape index (κ2) is 8.71. The van der Waals surface area contributed by atoms with Gasteiger partial charge in [-0.15, -0.1) is 0 Å². The number of nitrogens with one attached hydrogen (secondary N) is 2. The van der Waals surface area contributed by atoms with Crippen molar-refractivity contribution in [1.82, 2.24) is 0 Å². The number of carbonyl (C=O) groups is 3. The first-order chi connectivity index (χ1) is 15.0. The van der Waals surface area contributed by atoms with E-state index in [0.717, 1.165) is 10.8 Å². The van der Waals surface area contributed by atoms with Gasteiger partial charge in [-0.1, -0.05) is 48.5 Å². The molecule has 156 valence electrons. The molecule has 0 aliphatic carbocycles. The average Bonchev–Trinajstić information content (AvgIpc) is 3.14. The molecule has 1 aliphatic heterocycles. The first kappa shape index (κ1) is 20.2. The summed E-state index contributed by atoms with van der Waals surface area (Å²) in [4.78, 5) is 37.3. The van der Waals surface area contributed by atoms with Crippen LogP contribution in [0.25, 0.3) is 10.8 Å². The van der Waals surface area contributed by atoms with E-state index in [9.17, 15) is 14.4 Å². The zero-order valence-electron chi connectivity index (χ0n) is 16.8. The summed E-state index contributed by atoms with van der Waals surface area (Å²) in [5.41, 5.74) is 0.992. The molecule has 1 aliphatic rings. The molecule has 0 fully saturated rings. The maximum Gasteiger partial charge on any atom is 0.348 e. The number of amides is 1. The van der Waals surface area contributed by atoms with Gasteiger partial charge in [-0.05, 0) is 42.0 Å². The molecule has 0 radical (unpaired) electrons. The highest BCUT2D eigenvalue weighted by Crippen LogP contribution is 2.22. The van der Waals surface area contributed by atoms with Crippen LogP contribution in [0.4, 0.5) is 11.4 Å². The van der Waals surface area contributed by atoms with E-state index in [1.54, 1.807) is 30.3 Å². The van der Waals surface area contributed by atoms with Crippen molar-refractivity contribution in [3.05, 3.63) is 84.3 Å². The molecule has 3 aromatic rings. The van der Waals surface area contributed by atoms with Gasteiger partial charge in [0.15, 0.2) is 18.3 Å². The number of esters is 1. The number of ketones is 1. The number of carbonyl (C=O) groups excluding carboxylic acids is 3. The molecule has 0 spiro atoms. The molecule has 7 nitrogen and oxygen atoms in total. The molecule has 0 saturated carbocycles. The Labute approximate surface area is 178 Å². The zero-order valence-corrected chi connectivity index (χ0v) is 16.8. The van der Waals surface area contributed by atoms with Crippen molar-refractivity contribution in [3.8, 4) is 0 Å². The highest BCUT2D eigenvalue weighted by Gasteiger charge is 2.34. The van der Waals surface area contributed by atoms with Crippen LogP contribution in [-0.2, 0) is 23.9 Å². The fourth-order valence-corrected chi connectivity index (χ4v) is 3.15. The summed E-state index contributed by atoms with van der Waals surface area (Å²) in [6.07, 6.45) is -1.11. The molecule has 1 atom stereocenters. The third-order valence-corrected chi connectivity index (χ3v) is 4.76. The van der Waals surface area contributed by atoms with E-state index in [2.05, 4.69) is 10.6 Å². The number of hydrogen-bond donors (Lipinski definition) is 2. The lowest BCUT2D eigenvalue weighted by atomic mass is 10.1. The summed E-state index contributed by atoms with van der Waals surface area (Å²) in [7, 11) is 0. The van der Waals surface area contributed by atoms with Crippen LogP contribution < -0.4 is 10.6 Å². The van der Waals surface area contributed by atoms with Gasteiger partial charge in [0.05, 0.1) is 0 Å². The second-order valence-corrected chi connectivity index (χ2v) is 7.01. The van der Waals surface area contributed by atoms with Crippen LogP contribution in [-0.4, -0.2) is 30.4 Å². The summed E-state index contributed by atoms with van der Waals surface area (Å²) >= 11 is 0. The van der Waals surface area contributed by atoms with Crippen molar-refractivity contribution in [1.29, 1.82) is 0 Å². The minimum atomic E-state index is -1.11. The number of para-hydroxylation sites is 1. The van der Waals surface area contributed by atoms with Gasteiger partial charge >= 0.3 is 5.97 Å². The third kappa shape index (κ3) is 4.56. The van der Waals surface area contributed by atoms with Crippen molar-refractivity contribution in [2.24, 2.45) is 0 Å². The summed E-state index contributed by atoms with van der Waals surface area (Å²) < 4.78 is 10.5. The van der Waals surface area contributed by atoms with Crippen LogP contribution in [0.1, 0.15) is 6.92 Å². The van der Waals surface area contributed by atoms with Gasteiger partial charge < -0.3 is 20.1 Å². The molecular formula is C24H20N2O5. The summed E-state index contributed by atoms with van der Waals surface area (Å²) in [6, 6.07) is 22.2. The van der Waals surface area contributed by atoms with Crippen molar-refractivity contribution in [2.45, 2.75) is 13.0 Å². The van der Waals surface area contributed by atoms with Crippen molar-refractivity contribution < 1.29 is 23.9 Å². The molecule has 0 aromatic heterocycles. The molecule has 0 saturated heterocycles. The van der Waals surface area contributed by atoms with Gasteiger partial charge in [0.2, 0.25) is 11.7 Å². The number of hydrogen-bond acceptors (Lipinski definition) is 6. The van der Waals surface area contributed by atoms with E-state index < -0.39 is 23.8 Å². The number of rotatable bonds is 6. The standard InChI is InChI=1S/C24H20N2O5/c1-15(22(28)25-19-12-11-16-7-5-6-8-17(16)13-19)31-24(29)21-20(27)14-30-23(21)26-18-9-3-2-4-10-18/h2-13,15,26H,14H2,1H3,(H,25,28)/t15-/m0/s1. The van der Waals surface area contributed by atoms with Crippen molar-refractivity contribution >= 4 is 39.8 Å². The van der Waals surface area contributed by atoms with Crippen molar-refractivity contribution in [3.63, 3.8) is 0 Å². The van der Waals surface area contributed by atoms with Gasteiger partial charge in [0.25, 0.3) is 5.91 Å². The second-order valence-electron chi connectivity index (χ2n) is 7.01. The van der Waals surface area contributed by atoms with E-state index in [-0.39, 0.29) is 18.1 Å². The Morgan fingerprint density at radius 3 is 2.42 bits per heavy atom. The molecule has 7 heteroatoms. The molecule has 4 rings (SSSR count). The van der Waals surface area contributed by atoms with E-state index in [1.165, 1.54) is 6.92 Å². The van der Waals surface area contributed by atoms with Crippen LogP contribution in [0.5, 0.6) is 0 Å². The number of ether oxygens (including phenoxy) is 2. The van der Waals surface area contributed by atoms with Gasteiger partial charge in [-0.3, -0.25) is 9.59 Å². The molecule has 1 amide bonds. The largest absolute Gasteiger partial charge is 0.470 e. The van der Waals surface area contributed by atoms with Gasteiger partial charge in [0.1, 0.15) is 0 Å². The van der Waals surface area contributed by atoms with Gasteiger partial charge in [-0.2, -0.15) is 0 Å². The third-order valence-electron chi connectivity index (χ3n) is 4.76. The fourth-order valence-electron chi connectivity index (χ4n) is 3.15. The first-order valence-electron chi connectivity index (χ1n) is 9.74. The Kier molecular flexibility index (Phi) is 5.66. The molecule has 0 unspecified atom stereocenters. The number of Topliss-reactive ketones (excluding diaryl/α,β-unsaturated/α-hetero) is 1. The zero-order chi connectivity index (χ0) is 21.8. The van der Waals surface area contributed by atoms with E-state index >= 15 is 0 Å². The highest BCUT2D eigenvalue weighted by atomic mass is 16.6. The molecule has 0 bridgehead atoms. The Balaban J connectivity index is 1.44. The minimum absolute atomic E-state index is 0.0170. The maximum absolute atomic E-state index is 12.6. The predicted molar refractivity (Wildman–Crippen MR) is 116 cm³/mol. The van der Waals surface area contributed by atoms with Crippen LogP contribution in [0.2, 0.25) is 0 Å². The Morgan fingerprint density at radius 1 is 0.935 bits per heavy atom. The number of anilines is 2. The van der Waals surface area contributed by atoms with Gasteiger partial charge in [-0.25, -0.2) is 4.79 Å². The van der Waals surface area contributed by atoms with Crippen LogP contribution in [0.15, 0.2) is 84.3 Å². The Hall–Kier alpha value is -4.13. The normalized spacial score (nSPS) is 14.2. The lowest BCUT2D eigenvalue weighted by Crippen LogP contribution is -2.31. The van der Waals surface area contributed by atoms with E-state index in [4.69, 9.17) is 9.47 Å². The summed E-state index contributed by atoms with van der Waals surface area (Å²) in [5, 5.41) is 7.64. The number of benzene rings is 3. The highest BCUT2D eigenvalue weighted by molar-refractivity contribution is 6.20. The molecule has 3 aromatic carbocycles. The molecule has 1 heterocycles.